The SMILES string of the molecule is CCN(CC)CC(C)NS(=O)(=O)c1cc(CN)ccc1Br. The third-order valence-electron chi connectivity index (χ3n) is 3.30. The summed E-state index contributed by atoms with van der Waals surface area (Å²) < 4.78 is 28.2. The van der Waals surface area contributed by atoms with Crippen LogP contribution in [0.2, 0.25) is 0 Å². The lowest BCUT2D eigenvalue weighted by molar-refractivity contribution is 0.282. The Kier molecular flexibility index (Phi) is 7.29. The van der Waals surface area contributed by atoms with Gasteiger partial charge in [-0.3, -0.25) is 0 Å². The van der Waals surface area contributed by atoms with E-state index in [4.69, 9.17) is 5.73 Å². The van der Waals surface area contributed by atoms with Gasteiger partial charge >= 0.3 is 0 Å². The molecular weight excluding hydrogens is 354 g/mol. The summed E-state index contributed by atoms with van der Waals surface area (Å²) in [6.45, 7) is 8.78. The maximum atomic E-state index is 12.5. The molecule has 0 bridgehead atoms. The topological polar surface area (TPSA) is 75.4 Å². The second kappa shape index (κ2) is 8.24. The molecule has 1 atom stereocenters. The predicted octanol–water partition coefficient (Wildman–Crippen LogP) is 1.92. The summed E-state index contributed by atoms with van der Waals surface area (Å²) in [5.41, 5.74) is 6.37. The first-order chi connectivity index (χ1) is 9.83. The summed E-state index contributed by atoms with van der Waals surface area (Å²) in [5, 5.41) is 0. The van der Waals surface area contributed by atoms with Gasteiger partial charge in [0.2, 0.25) is 10.0 Å². The molecule has 120 valence electrons. The van der Waals surface area contributed by atoms with E-state index >= 15 is 0 Å². The summed E-state index contributed by atoms with van der Waals surface area (Å²) in [5.74, 6) is 0. The van der Waals surface area contributed by atoms with Crippen LogP contribution in [0, 0.1) is 0 Å². The van der Waals surface area contributed by atoms with Gasteiger partial charge < -0.3 is 10.6 Å². The highest BCUT2D eigenvalue weighted by atomic mass is 79.9. The van der Waals surface area contributed by atoms with Crippen molar-refractivity contribution in [2.75, 3.05) is 19.6 Å². The first-order valence-corrected chi connectivity index (χ1v) is 9.34. The molecule has 1 unspecified atom stereocenters. The van der Waals surface area contributed by atoms with Crippen LogP contribution in [0.25, 0.3) is 0 Å². The highest BCUT2D eigenvalue weighted by molar-refractivity contribution is 9.10. The molecule has 7 heteroatoms. The molecule has 0 aliphatic rings. The summed E-state index contributed by atoms with van der Waals surface area (Å²) >= 11 is 3.29. The Morgan fingerprint density at radius 2 is 1.95 bits per heavy atom. The Hall–Kier alpha value is -0.470. The summed E-state index contributed by atoms with van der Waals surface area (Å²) in [6.07, 6.45) is 0. The molecule has 0 aliphatic heterocycles. The molecule has 0 aromatic heterocycles. The van der Waals surface area contributed by atoms with Crippen molar-refractivity contribution in [3.8, 4) is 0 Å². The van der Waals surface area contributed by atoms with Crippen LogP contribution in [-0.2, 0) is 16.6 Å². The Labute approximate surface area is 136 Å². The van der Waals surface area contributed by atoms with Crippen molar-refractivity contribution in [2.45, 2.75) is 38.3 Å². The lowest BCUT2D eigenvalue weighted by Crippen LogP contribution is -2.42. The summed E-state index contributed by atoms with van der Waals surface area (Å²) in [7, 11) is -3.56. The van der Waals surface area contributed by atoms with Crippen LogP contribution in [0.5, 0.6) is 0 Å². The standard InChI is InChI=1S/C14H24BrN3O2S/c1-4-18(5-2)10-11(3)17-21(19,20)14-8-12(9-16)6-7-13(14)15/h6-8,11,17H,4-5,9-10,16H2,1-3H3. The molecule has 1 aromatic carbocycles. The number of halogens is 1. The van der Waals surface area contributed by atoms with E-state index in [1.807, 2.05) is 13.0 Å². The van der Waals surface area contributed by atoms with E-state index in [-0.39, 0.29) is 10.9 Å². The Bertz CT molecular complexity index is 559. The van der Waals surface area contributed by atoms with E-state index in [1.54, 1.807) is 12.1 Å². The lowest BCUT2D eigenvalue weighted by atomic mass is 10.2. The second-order valence-electron chi connectivity index (χ2n) is 4.98. The fraction of sp³-hybridized carbons (Fsp3) is 0.571. The number of nitrogens with one attached hydrogen (secondary N) is 1. The highest BCUT2D eigenvalue weighted by Crippen LogP contribution is 2.23. The minimum atomic E-state index is -3.56. The van der Waals surface area contributed by atoms with E-state index < -0.39 is 10.0 Å². The first kappa shape index (κ1) is 18.6. The number of likely N-dealkylation sites (N-methyl/N-ethyl adjacent to an activating group) is 1. The minimum absolute atomic E-state index is 0.164. The summed E-state index contributed by atoms with van der Waals surface area (Å²) in [4.78, 5) is 2.41. The molecule has 21 heavy (non-hydrogen) atoms. The molecule has 3 N–H and O–H groups in total. The fourth-order valence-corrected chi connectivity index (χ4v) is 4.36. The average molecular weight is 378 g/mol. The highest BCUT2D eigenvalue weighted by Gasteiger charge is 2.21. The first-order valence-electron chi connectivity index (χ1n) is 7.07. The third kappa shape index (κ3) is 5.34. The zero-order valence-electron chi connectivity index (χ0n) is 12.8. The maximum Gasteiger partial charge on any atom is 0.241 e. The predicted molar refractivity (Wildman–Crippen MR) is 89.6 cm³/mol. The van der Waals surface area contributed by atoms with Crippen molar-refractivity contribution in [1.82, 2.24) is 9.62 Å². The van der Waals surface area contributed by atoms with Gasteiger partial charge in [-0.15, -0.1) is 0 Å². The van der Waals surface area contributed by atoms with Gasteiger partial charge in [0.15, 0.2) is 0 Å². The molecule has 1 rings (SSSR count). The average Bonchev–Trinajstić information content (AvgIpc) is 2.44. The Morgan fingerprint density at radius 3 is 2.48 bits per heavy atom. The van der Waals surface area contributed by atoms with E-state index in [0.29, 0.717) is 17.6 Å². The zero-order chi connectivity index (χ0) is 16.0. The van der Waals surface area contributed by atoms with Gasteiger partial charge in [-0.1, -0.05) is 19.9 Å². The number of nitrogens with two attached hydrogens (primary N) is 1. The fourth-order valence-electron chi connectivity index (χ4n) is 2.12. The normalized spacial score (nSPS) is 13.6. The molecule has 0 amide bonds. The van der Waals surface area contributed by atoms with Crippen LogP contribution < -0.4 is 10.5 Å². The number of hydrogen-bond donors (Lipinski definition) is 2. The van der Waals surface area contributed by atoms with E-state index in [2.05, 4.69) is 39.4 Å². The lowest BCUT2D eigenvalue weighted by Gasteiger charge is -2.23. The van der Waals surface area contributed by atoms with Crippen LogP contribution in [0.3, 0.4) is 0 Å². The Balaban J connectivity index is 2.91. The molecule has 0 spiro atoms. The van der Waals surface area contributed by atoms with Gasteiger partial charge in [0.05, 0.1) is 4.90 Å². The van der Waals surface area contributed by atoms with Gasteiger partial charge in [0.25, 0.3) is 0 Å². The monoisotopic (exact) mass is 377 g/mol. The molecule has 1 aromatic rings. The number of sulfonamides is 1. The van der Waals surface area contributed by atoms with Crippen LogP contribution in [-0.4, -0.2) is 39.0 Å². The smallest absolute Gasteiger partial charge is 0.241 e. The van der Waals surface area contributed by atoms with Crippen LogP contribution >= 0.6 is 15.9 Å². The van der Waals surface area contributed by atoms with Crippen molar-refractivity contribution in [1.29, 1.82) is 0 Å². The van der Waals surface area contributed by atoms with Gasteiger partial charge in [0.1, 0.15) is 0 Å². The van der Waals surface area contributed by atoms with Crippen molar-refractivity contribution >= 4 is 26.0 Å². The summed E-state index contributed by atoms with van der Waals surface area (Å²) in [6, 6.07) is 4.97. The maximum absolute atomic E-state index is 12.5. The van der Waals surface area contributed by atoms with Gasteiger partial charge in [-0.2, -0.15) is 0 Å². The zero-order valence-corrected chi connectivity index (χ0v) is 15.2. The molecule has 0 heterocycles. The van der Waals surface area contributed by atoms with E-state index in [1.165, 1.54) is 0 Å². The molecule has 0 saturated heterocycles. The third-order valence-corrected chi connectivity index (χ3v) is 5.89. The van der Waals surface area contributed by atoms with Crippen molar-refractivity contribution < 1.29 is 8.42 Å². The Morgan fingerprint density at radius 1 is 1.33 bits per heavy atom. The minimum Gasteiger partial charge on any atom is -0.326 e. The number of hydrogen-bond acceptors (Lipinski definition) is 4. The van der Waals surface area contributed by atoms with Crippen LogP contribution in [0.15, 0.2) is 27.6 Å². The van der Waals surface area contributed by atoms with E-state index in [9.17, 15) is 8.42 Å². The van der Waals surface area contributed by atoms with Gasteiger partial charge in [-0.05, 0) is 53.6 Å². The molecule has 5 nitrogen and oxygen atoms in total. The van der Waals surface area contributed by atoms with Crippen molar-refractivity contribution in [2.24, 2.45) is 5.73 Å². The molecule has 0 fully saturated rings. The van der Waals surface area contributed by atoms with Crippen molar-refractivity contribution in [3.05, 3.63) is 28.2 Å². The number of nitrogens with zero attached hydrogens (tertiary/aromatic N) is 1. The molecule has 0 radical (unpaired) electrons. The molecule has 0 saturated carbocycles. The van der Waals surface area contributed by atoms with Crippen LogP contribution in [0.4, 0.5) is 0 Å². The largest absolute Gasteiger partial charge is 0.326 e. The molecular formula is C14H24BrN3O2S. The number of rotatable bonds is 8. The van der Waals surface area contributed by atoms with Crippen molar-refractivity contribution in [3.63, 3.8) is 0 Å². The second-order valence-corrected chi connectivity index (χ2v) is 7.51. The number of benzene rings is 1. The van der Waals surface area contributed by atoms with Gasteiger partial charge in [0, 0.05) is 23.6 Å². The quantitative estimate of drug-likeness (QED) is 0.725. The van der Waals surface area contributed by atoms with Crippen LogP contribution in [0.1, 0.15) is 26.3 Å². The molecule has 0 aliphatic carbocycles. The van der Waals surface area contributed by atoms with Gasteiger partial charge in [-0.25, -0.2) is 13.1 Å². The van der Waals surface area contributed by atoms with E-state index in [0.717, 1.165) is 18.7 Å².